The normalized spacial score (nSPS) is 10.1. The molecular formula is C11H12N4O. The largest absolute Gasteiger partial charge is 0.359 e. The number of carbonyl (C=O) groups excluding carboxylic acids is 1. The average molecular weight is 216 g/mol. The Morgan fingerprint density at radius 2 is 2.19 bits per heavy atom. The Morgan fingerprint density at radius 3 is 3.00 bits per heavy atom. The topological polar surface area (TPSA) is 66.9 Å². The second kappa shape index (κ2) is 4.57. The van der Waals surface area contributed by atoms with Crippen LogP contribution in [0.5, 0.6) is 0 Å². The lowest BCUT2D eigenvalue weighted by molar-refractivity contribution is -0.118. The molecule has 0 unspecified atom stereocenters. The molecule has 2 rings (SSSR count). The average Bonchev–Trinajstić information content (AvgIpc) is 2.35. The number of rotatable bonds is 3. The number of aromatic nitrogens is 2. The maximum Gasteiger partial charge on any atom is 0.239 e. The predicted octanol–water partition coefficient (Wildman–Crippen LogP) is 0.788. The van der Waals surface area contributed by atoms with Crippen molar-refractivity contribution in [2.75, 3.05) is 18.9 Å². The fraction of sp³-hybridized carbons (Fsp3) is 0.182. The van der Waals surface area contributed by atoms with Crippen LogP contribution in [0, 0.1) is 0 Å². The Kier molecular flexibility index (Phi) is 2.95. The van der Waals surface area contributed by atoms with Crippen LogP contribution >= 0.6 is 0 Å². The van der Waals surface area contributed by atoms with E-state index in [4.69, 9.17) is 0 Å². The van der Waals surface area contributed by atoms with Gasteiger partial charge in [0.2, 0.25) is 5.91 Å². The number of hydrogen-bond acceptors (Lipinski definition) is 4. The lowest BCUT2D eigenvalue weighted by Crippen LogP contribution is -2.26. The number of hydrogen-bond donors (Lipinski definition) is 2. The predicted molar refractivity (Wildman–Crippen MR) is 62.1 cm³/mol. The highest BCUT2D eigenvalue weighted by molar-refractivity contribution is 5.92. The number of nitrogens with zero attached hydrogens (tertiary/aromatic N) is 2. The van der Waals surface area contributed by atoms with E-state index in [1.165, 1.54) is 0 Å². The summed E-state index contributed by atoms with van der Waals surface area (Å²) in [5.74, 6) is 0.538. The molecule has 5 heteroatoms. The molecule has 0 atom stereocenters. The summed E-state index contributed by atoms with van der Waals surface area (Å²) >= 11 is 0. The van der Waals surface area contributed by atoms with Crippen LogP contribution in [0.15, 0.2) is 30.5 Å². The minimum absolute atomic E-state index is 0.0882. The van der Waals surface area contributed by atoms with E-state index in [1.807, 2.05) is 24.3 Å². The van der Waals surface area contributed by atoms with Crippen molar-refractivity contribution >= 4 is 22.5 Å². The number of fused-ring (bicyclic) bond motifs is 1. The molecule has 0 spiro atoms. The van der Waals surface area contributed by atoms with E-state index in [0.717, 1.165) is 10.8 Å². The van der Waals surface area contributed by atoms with Gasteiger partial charge in [0.05, 0.1) is 12.7 Å². The van der Waals surface area contributed by atoms with Crippen LogP contribution in [-0.4, -0.2) is 29.7 Å². The van der Waals surface area contributed by atoms with E-state index >= 15 is 0 Å². The Morgan fingerprint density at radius 1 is 1.38 bits per heavy atom. The van der Waals surface area contributed by atoms with E-state index in [1.54, 1.807) is 13.2 Å². The molecule has 1 aromatic heterocycles. The van der Waals surface area contributed by atoms with Gasteiger partial charge in [0, 0.05) is 17.8 Å². The summed E-state index contributed by atoms with van der Waals surface area (Å²) in [7, 11) is 1.60. The number of anilines is 1. The fourth-order valence-corrected chi connectivity index (χ4v) is 1.41. The molecule has 0 aliphatic carbocycles. The first-order valence-electron chi connectivity index (χ1n) is 4.96. The van der Waals surface area contributed by atoms with Crippen LogP contribution in [0.2, 0.25) is 0 Å². The van der Waals surface area contributed by atoms with Crippen LogP contribution in [0.1, 0.15) is 0 Å². The standard InChI is InChI=1S/C11H12N4O/c1-12-10(16)7-13-11-9-5-3-2-4-8(9)6-14-15-11/h2-6H,7H2,1H3,(H,12,16)(H,13,15). The molecule has 82 valence electrons. The molecule has 2 N–H and O–H groups in total. The van der Waals surface area contributed by atoms with Crippen molar-refractivity contribution < 1.29 is 4.79 Å². The van der Waals surface area contributed by atoms with Gasteiger partial charge in [-0.2, -0.15) is 5.10 Å². The number of carbonyl (C=O) groups is 1. The van der Waals surface area contributed by atoms with Crippen molar-refractivity contribution in [3.8, 4) is 0 Å². The molecule has 16 heavy (non-hydrogen) atoms. The molecule has 0 aliphatic heterocycles. The molecule has 5 nitrogen and oxygen atoms in total. The van der Waals surface area contributed by atoms with E-state index in [0.29, 0.717) is 5.82 Å². The SMILES string of the molecule is CNC(=O)CNc1nncc2ccccc12. The molecule has 0 saturated carbocycles. The van der Waals surface area contributed by atoms with Gasteiger partial charge in [0.25, 0.3) is 0 Å². The highest BCUT2D eigenvalue weighted by Crippen LogP contribution is 2.18. The zero-order valence-electron chi connectivity index (χ0n) is 8.90. The summed E-state index contributed by atoms with van der Waals surface area (Å²) in [4.78, 5) is 11.1. The summed E-state index contributed by atoms with van der Waals surface area (Å²) in [5, 5.41) is 15.3. The van der Waals surface area contributed by atoms with Crippen LogP contribution in [0.25, 0.3) is 10.8 Å². The van der Waals surface area contributed by atoms with Gasteiger partial charge in [-0.3, -0.25) is 4.79 Å². The highest BCUT2D eigenvalue weighted by Gasteiger charge is 2.03. The van der Waals surface area contributed by atoms with Gasteiger partial charge < -0.3 is 10.6 Å². The first-order chi connectivity index (χ1) is 7.81. The molecule has 0 saturated heterocycles. The molecule has 0 radical (unpaired) electrons. The summed E-state index contributed by atoms with van der Waals surface area (Å²) in [6.07, 6.45) is 1.69. The van der Waals surface area contributed by atoms with Crippen LogP contribution in [-0.2, 0) is 4.79 Å². The lowest BCUT2D eigenvalue weighted by atomic mass is 10.2. The van der Waals surface area contributed by atoms with Crippen molar-refractivity contribution in [2.45, 2.75) is 0 Å². The van der Waals surface area contributed by atoms with Crippen molar-refractivity contribution in [1.82, 2.24) is 15.5 Å². The summed E-state index contributed by atoms with van der Waals surface area (Å²) in [6, 6.07) is 7.76. The van der Waals surface area contributed by atoms with E-state index in [-0.39, 0.29) is 12.5 Å². The molecule has 1 aromatic carbocycles. The van der Waals surface area contributed by atoms with E-state index < -0.39 is 0 Å². The molecule has 0 fully saturated rings. The van der Waals surface area contributed by atoms with Crippen molar-refractivity contribution in [2.24, 2.45) is 0 Å². The highest BCUT2D eigenvalue weighted by atomic mass is 16.1. The summed E-state index contributed by atoms with van der Waals surface area (Å²) < 4.78 is 0. The minimum Gasteiger partial charge on any atom is -0.359 e. The molecule has 0 aliphatic rings. The Bertz CT molecular complexity index is 507. The number of benzene rings is 1. The zero-order chi connectivity index (χ0) is 11.4. The maximum atomic E-state index is 11.1. The second-order valence-electron chi connectivity index (χ2n) is 3.31. The first kappa shape index (κ1) is 10.4. The molecular weight excluding hydrogens is 204 g/mol. The van der Waals surface area contributed by atoms with Crippen LogP contribution < -0.4 is 10.6 Å². The van der Waals surface area contributed by atoms with E-state index in [2.05, 4.69) is 20.8 Å². The summed E-state index contributed by atoms with van der Waals surface area (Å²) in [5.41, 5.74) is 0. The molecule has 0 bridgehead atoms. The molecule has 2 aromatic rings. The summed E-state index contributed by atoms with van der Waals surface area (Å²) in [6.45, 7) is 0.194. The Hall–Kier alpha value is -2.17. The van der Waals surface area contributed by atoms with Gasteiger partial charge in [0.1, 0.15) is 0 Å². The molecule has 1 heterocycles. The fourth-order valence-electron chi connectivity index (χ4n) is 1.41. The van der Waals surface area contributed by atoms with Gasteiger partial charge in [-0.1, -0.05) is 24.3 Å². The van der Waals surface area contributed by atoms with E-state index in [9.17, 15) is 4.79 Å². The molecule has 1 amide bonds. The Labute approximate surface area is 92.9 Å². The second-order valence-corrected chi connectivity index (χ2v) is 3.31. The van der Waals surface area contributed by atoms with Crippen molar-refractivity contribution in [1.29, 1.82) is 0 Å². The third-order valence-corrected chi connectivity index (χ3v) is 2.27. The van der Waals surface area contributed by atoms with Gasteiger partial charge in [-0.05, 0) is 0 Å². The zero-order valence-corrected chi connectivity index (χ0v) is 8.90. The first-order valence-corrected chi connectivity index (χ1v) is 4.96. The number of nitrogens with one attached hydrogen (secondary N) is 2. The van der Waals surface area contributed by atoms with Crippen LogP contribution in [0.3, 0.4) is 0 Å². The van der Waals surface area contributed by atoms with Gasteiger partial charge >= 0.3 is 0 Å². The van der Waals surface area contributed by atoms with Gasteiger partial charge in [-0.15, -0.1) is 5.10 Å². The minimum atomic E-state index is -0.0882. The van der Waals surface area contributed by atoms with Crippen molar-refractivity contribution in [3.63, 3.8) is 0 Å². The number of amides is 1. The van der Waals surface area contributed by atoms with Gasteiger partial charge in [-0.25, -0.2) is 0 Å². The maximum absolute atomic E-state index is 11.1. The van der Waals surface area contributed by atoms with Crippen LogP contribution in [0.4, 0.5) is 5.82 Å². The number of likely N-dealkylation sites (N-methyl/N-ethyl adjacent to an activating group) is 1. The third-order valence-electron chi connectivity index (χ3n) is 2.27. The quantitative estimate of drug-likeness (QED) is 0.796. The van der Waals surface area contributed by atoms with Gasteiger partial charge in [0.15, 0.2) is 5.82 Å². The third kappa shape index (κ3) is 2.08. The van der Waals surface area contributed by atoms with Crippen molar-refractivity contribution in [3.05, 3.63) is 30.5 Å². The monoisotopic (exact) mass is 216 g/mol. The lowest BCUT2D eigenvalue weighted by Gasteiger charge is -2.06. The Balaban J connectivity index is 2.27. The smallest absolute Gasteiger partial charge is 0.239 e.